The summed E-state index contributed by atoms with van der Waals surface area (Å²) in [6.45, 7) is 3.52. The van der Waals surface area contributed by atoms with Gasteiger partial charge in [0.05, 0.1) is 38.7 Å². The van der Waals surface area contributed by atoms with Crippen LogP contribution < -0.4 is 9.62 Å². The van der Waals surface area contributed by atoms with E-state index in [9.17, 15) is 26.7 Å². The largest absolute Gasteiger partial charge is 0.394 e. The molecule has 3 aromatic rings. The molecular weight excluding hydrogens is 573 g/mol. The summed E-state index contributed by atoms with van der Waals surface area (Å²) in [7, 11) is -7.72. The summed E-state index contributed by atoms with van der Waals surface area (Å²) < 4.78 is 54.2. The molecule has 1 amide bonds. The predicted octanol–water partition coefficient (Wildman–Crippen LogP) is 4.46. The molecule has 0 unspecified atom stereocenters. The first-order valence-electron chi connectivity index (χ1n) is 11.6. The van der Waals surface area contributed by atoms with Crippen LogP contribution in [0.3, 0.4) is 0 Å². The summed E-state index contributed by atoms with van der Waals surface area (Å²) in [4.78, 5) is 12.7. The molecule has 0 saturated heterocycles. The minimum Gasteiger partial charge on any atom is -0.394 e. The van der Waals surface area contributed by atoms with Crippen molar-refractivity contribution in [3.8, 4) is 0 Å². The molecule has 0 aliphatic rings. The van der Waals surface area contributed by atoms with E-state index in [0.717, 1.165) is 4.31 Å². The molecule has 0 aromatic heterocycles. The van der Waals surface area contributed by atoms with Gasteiger partial charge in [0, 0.05) is 24.3 Å². The number of aliphatic hydroxyl groups is 1. The maximum Gasteiger partial charge on any atom is 0.264 e. The summed E-state index contributed by atoms with van der Waals surface area (Å²) in [6.07, 6.45) is 0. The molecule has 2 N–H and O–H groups in total. The molecule has 0 aliphatic carbocycles. The Morgan fingerprint density at radius 2 is 1.37 bits per heavy atom. The van der Waals surface area contributed by atoms with E-state index >= 15 is 0 Å². The SMILES string of the molecule is CCN(CC)S(=O)(=O)c1ccc(C(=O)Nc2ccc(S(=O)(=O)N(CCO)c3ccc(Cl)c(Cl)c3)cc2)cc1. The number of carbonyl (C=O) groups excluding carboxylic acids is 1. The van der Waals surface area contributed by atoms with Gasteiger partial charge in [0.2, 0.25) is 10.0 Å². The van der Waals surface area contributed by atoms with E-state index in [1.165, 1.54) is 71.0 Å². The van der Waals surface area contributed by atoms with E-state index in [2.05, 4.69) is 5.32 Å². The van der Waals surface area contributed by atoms with Gasteiger partial charge in [0.15, 0.2) is 0 Å². The van der Waals surface area contributed by atoms with Crippen molar-refractivity contribution >= 4 is 60.5 Å². The Hall–Kier alpha value is -2.67. The van der Waals surface area contributed by atoms with Crippen molar-refractivity contribution in [3.05, 3.63) is 82.3 Å². The minimum absolute atomic E-state index is 0.0685. The molecule has 0 heterocycles. The number of nitrogens with zero attached hydrogens (tertiary/aromatic N) is 2. The van der Waals surface area contributed by atoms with Gasteiger partial charge in [-0.05, 0) is 66.7 Å². The monoisotopic (exact) mass is 599 g/mol. The second-order valence-electron chi connectivity index (χ2n) is 7.99. The third-order valence-electron chi connectivity index (χ3n) is 5.65. The van der Waals surface area contributed by atoms with E-state index in [-0.39, 0.29) is 37.6 Å². The van der Waals surface area contributed by atoms with Crippen LogP contribution in [0.25, 0.3) is 0 Å². The van der Waals surface area contributed by atoms with Crippen LogP contribution in [0, 0.1) is 0 Å². The molecule has 9 nitrogen and oxygen atoms in total. The summed E-state index contributed by atoms with van der Waals surface area (Å²) in [6, 6.07) is 15.4. The number of nitrogens with one attached hydrogen (secondary N) is 1. The fourth-order valence-electron chi connectivity index (χ4n) is 3.65. The molecule has 0 fully saturated rings. The Morgan fingerprint density at radius 3 is 1.89 bits per heavy atom. The lowest BCUT2D eigenvalue weighted by Gasteiger charge is -2.24. The Labute approximate surface area is 232 Å². The predicted molar refractivity (Wildman–Crippen MR) is 149 cm³/mol. The highest BCUT2D eigenvalue weighted by Gasteiger charge is 2.25. The molecule has 204 valence electrons. The lowest BCUT2D eigenvalue weighted by Crippen LogP contribution is -2.33. The van der Waals surface area contributed by atoms with Crippen molar-refractivity contribution < 1.29 is 26.7 Å². The summed E-state index contributed by atoms with van der Waals surface area (Å²) in [5, 5.41) is 12.5. The molecule has 0 spiro atoms. The third kappa shape index (κ3) is 6.48. The molecule has 13 heteroatoms. The van der Waals surface area contributed by atoms with Crippen molar-refractivity contribution in [3.63, 3.8) is 0 Å². The smallest absolute Gasteiger partial charge is 0.264 e. The van der Waals surface area contributed by atoms with Gasteiger partial charge in [-0.25, -0.2) is 16.8 Å². The Bertz CT molecular complexity index is 1490. The zero-order chi connectivity index (χ0) is 28.1. The van der Waals surface area contributed by atoms with E-state index in [1.807, 2.05) is 0 Å². The second kappa shape index (κ2) is 12.5. The molecule has 0 radical (unpaired) electrons. The van der Waals surface area contributed by atoms with Gasteiger partial charge < -0.3 is 10.4 Å². The normalized spacial score (nSPS) is 11.9. The van der Waals surface area contributed by atoms with Crippen LogP contribution in [0.5, 0.6) is 0 Å². The summed E-state index contributed by atoms with van der Waals surface area (Å²) >= 11 is 12.0. The Balaban J connectivity index is 1.78. The fraction of sp³-hybridized carbons (Fsp3) is 0.240. The number of sulfonamides is 2. The average Bonchev–Trinajstić information content (AvgIpc) is 2.90. The molecule has 3 rings (SSSR count). The summed E-state index contributed by atoms with van der Waals surface area (Å²) in [5.74, 6) is -0.495. The van der Waals surface area contributed by atoms with E-state index in [4.69, 9.17) is 23.2 Å². The van der Waals surface area contributed by atoms with Crippen LogP contribution in [0.4, 0.5) is 11.4 Å². The zero-order valence-electron chi connectivity index (χ0n) is 20.6. The van der Waals surface area contributed by atoms with Gasteiger partial charge in [0.25, 0.3) is 15.9 Å². The third-order valence-corrected chi connectivity index (χ3v) is 10.3. The first-order valence-corrected chi connectivity index (χ1v) is 15.2. The van der Waals surface area contributed by atoms with Gasteiger partial charge in [-0.15, -0.1) is 0 Å². The van der Waals surface area contributed by atoms with Crippen LogP contribution in [0.2, 0.25) is 10.0 Å². The van der Waals surface area contributed by atoms with Gasteiger partial charge in [-0.3, -0.25) is 9.10 Å². The van der Waals surface area contributed by atoms with Gasteiger partial charge >= 0.3 is 0 Å². The second-order valence-corrected chi connectivity index (χ2v) is 12.6. The highest BCUT2D eigenvalue weighted by Crippen LogP contribution is 2.30. The van der Waals surface area contributed by atoms with Crippen molar-refractivity contribution in [2.45, 2.75) is 23.6 Å². The topological polar surface area (TPSA) is 124 Å². The van der Waals surface area contributed by atoms with E-state index < -0.39 is 32.6 Å². The first kappa shape index (κ1) is 29.9. The Morgan fingerprint density at radius 1 is 0.816 bits per heavy atom. The standard InChI is InChI=1S/C25H27Cl2N3O6S2/c1-3-29(4-2)37(33,34)21-10-5-18(6-11-21)25(32)28-19-7-12-22(13-8-19)38(35,36)30(15-16-31)20-9-14-23(26)24(27)17-20/h5-14,17,31H,3-4,15-16H2,1-2H3,(H,28,32). The number of rotatable bonds is 11. The molecule has 0 atom stereocenters. The lowest BCUT2D eigenvalue weighted by atomic mass is 10.2. The van der Waals surface area contributed by atoms with E-state index in [1.54, 1.807) is 13.8 Å². The van der Waals surface area contributed by atoms with Crippen LogP contribution >= 0.6 is 23.2 Å². The highest BCUT2D eigenvalue weighted by atomic mass is 35.5. The van der Waals surface area contributed by atoms with Crippen molar-refractivity contribution in [2.75, 3.05) is 35.9 Å². The first-order chi connectivity index (χ1) is 17.9. The van der Waals surface area contributed by atoms with Crippen LogP contribution in [0.15, 0.2) is 76.5 Å². The van der Waals surface area contributed by atoms with E-state index in [0.29, 0.717) is 18.8 Å². The summed E-state index contributed by atoms with van der Waals surface area (Å²) in [5.41, 5.74) is 0.795. The number of amides is 1. The highest BCUT2D eigenvalue weighted by molar-refractivity contribution is 7.92. The number of anilines is 2. The zero-order valence-corrected chi connectivity index (χ0v) is 23.8. The Kier molecular flexibility index (Phi) is 9.80. The lowest BCUT2D eigenvalue weighted by molar-refractivity contribution is 0.102. The number of halogens is 2. The van der Waals surface area contributed by atoms with Gasteiger partial charge in [0.1, 0.15) is 0 Å². The maximum atomic E-state index is 13.3. The minimum atomic E-state index is -4.08. The fourth-order valence-corrected chi connectivity index (χ4v) is 6.85. The quantitative estimate of drug-likeness (QED) is 0.335. The van der Waals surface area contributed by atoms with Crippen LogP contribution in [-0.2, 0) is 20.0 Å². The van der Waals surface area contributed by atoms with Gasteiger partial charge in [-0.1, -0.05) is 37.0 Å². The maximum absolute atomic E-state index is 13.3. The van der Waals surface area contributed by atoms with Crippen molar-refractivity contribution in [1.29, 1.82) is 0 Å². The molecular formula is C25H27Cl2N3O6S2. The van der Waals surface area contributed by atoms with Gasteiger partial charge in [-0.2, -0.15) is 4.31 Å². The number of hydrogen-bond donors (Lipinski definition) is 2. The van der Waals surface area contributed by atoms with Crippen molar-refractivity contribution in [1.82, 2.24) is 4.31 Å². The average molecular weight is 601 g/mol. The molecule has 3 aromatic carbocycles. The number of aliphatic hydroxyl groups excluding tert-OH is 1. The number of carbonyl (C=O) groups is 1. The molecule has 0 bridgehead atoms. The molecule has 0 aliphatic heterocycles. The van der Waals surface area contributed by atoms with Crippen LogP contribution in [-0.4, -0.2) is 58.4 Å². The van der Waals surface area contributed by atoms with Crippen LogP contribution in [0.1, 0.15) is 24.2 Å². The molecule has 38 heavy (non-hydrogen) atoms. The number of hydrogen-bond acceptors (Lipinski definition) is 6. The van der Waals surface area contributed by atoms with Crippen molar-refractivity contribution in [2.24, 2.45) is 0 Å². The number of benzene rings is 3. The molecule has 0 saturated carbocycles.